The number of hydrogen-bond acceptors (Lipinski definition) is 3. The average molecular weight is 207 g/mol. The Kier molecular flexibility index (Phi) is 2.88. The van der Waals surface area contributed by atoms with Gasteiger partial charge in [0, 0.05) is 6.92 Å². The van der Waals surface area contributed by atoms with Crippen LogP contribution in [0.25, 0.3) is 0 Å². The lowest BCUT2D eigenvalue weighted by Gasteiger charge is -2.17. The molecule has 5 N–H and O–H groups in total. The summed E-state index contributed by atoms with van der Waals surface area (Å²) in [6.45, 7) is 7.24. The lowest BCUT2D eigenvalue weighted by molar-refractivity contribution is -0.114. The van der Waals surface area contributed by atoms with Crippen LogP contribution in [0.2, 0.25) is 0 Å². The van der Waals surface area contributed by atoms with Gasteiger partial charge in [-0.2, -0.15) is 0 Å². The number of nitrogen functional groups attached to an aromatic ring is 2. The maximum absolute atomic E-state index is 11.0. The zero-order valence-corrected chi connectivity index (χ0v) is 9.56. The summed E-state index contributed by atoms with van der Waals surface area (Å²) < 4.78 is 0. The van der Waals surface area contributed by atoms with Crippen LogP contribution in [0.5, 0.6) is 0 Å². The van der Waals surface area contributed by atoms with E-state index in [0.29, 0.717) is 17.1 Å². The van der Waals surface area contributed by atoms with E-state index in [9.17, 15) is 4.79 Å². The molecule has 1 aromatic rings. The van der Waals surface area contributed by atoms with E-state index in [2.05, 4.69) is 5.32 Å². The minimum Gasteiger partial charge on any atom is -0.397 e. The number of carbonyl (C=O) groups is 1. The molecule has 82 valence electrons. The minimum atomic E-state index is -0.170. The SMILES string of the molecule is CC(=O)Nc1c(N)c(C)c(C)c(C)c1N. The Bertz CT molecular complexity index is 395. The van der Waals surface area contributed by atoms with E-state index in [-0.39, 0.29) is 5.91 Å². The quantitative estimate of drug-likeness (QED) is 0.613. The van der Waals surface area contributed by atoms with Crippen LogP contribution in [0.1, 0.15) is 23.6 Å². The second-order valence-corrected chi connectivity index (χ2v) is 3.76. The van der Waals surface area contributed by atoms with E-state index in [1.165, 1.54) is 6.92 Å². The molecule has 1 rings (SSSR count). The van der Waals surface area contributed by atoms with E-state index >= 15 is 0 Å². The molecule has 4 heteroatoms. The minimum absolute atomic E-state index is 0.170. The van der Waals surface area contributed by atoms with Crippen LogP contribution in [0.3, 0.4) is 0 Å². The summed E-state index contributed by atoms with van der Waals surface area (Å²) in [4.78, 5) is 11.0. The van der Waals surface area contributed by atoms with E-state index in [4.69, 9.17) is 11.5 Å². The lowest BCUT2D eigenvalue weighted by Crippen LogP contribution is -2.13. The fourth-order valence-electron chi connectivity index (χ4n) is 1.52. The standard InChI is InChI=1S/C11H17N3O/c1-5-6(2)9(12)11(14-8(4)15)10(13)7(5)3/h12-13H2,1-4H3,(H,14,15). The van der Waals surface area contributed by atoms with Gasteiger partial charge >= 0.3 is 0 Å². The summed E-state index contributed by atoms with van der Waals surface area (Å²) >= 11 is 0. The van der Waals surface area contributed by atoms with Crippen molar-refractivity contribution in [3.63, 3.8) is 0 Å². The molecule has 0 fully saturated rings. The van der Waals surface area contributed by atoms with Crippen molar-refractivity contribution < 1.29 is 4.79 Å². The number of nitrogens with one attached hydrogen (secondary N) is 1. The van der Waals surface area contributed by atoms with Crippen LogP contribution in [0, 0.1) is 20.8 Å². The number of rotatable bonds is 1. The van der Waals surface area contributed by atoms with Gasteiger partial charge in [-0.15, -0.1) is 0 Å². The van der Waals surface area contributed by atoms with Crippen molar-refractivity contribution in [1.82, 2.24) is 0 Å². The molecule has 0 heterocycles. The molecule has 0 aliphatic heterocycles. The van der Waals surface area contributed by atoms with E-state index < -0.39 is 0 Å². The Balaban J connectivity index is 3.45. The van der Waals surface area contributed by atoms with Crippen LogP contribution in [-0.4, -0.2) is 5.91 Å². The molecule has 0 aromatic heterocycles. The number of benzene rings is 1. The van der Waals surface area contributed by atoms with Crippen molar-refractivity contribution >= 4 is 23.0 Å². The van der Waals surface area contributed by atoms with Crippen molar-refractivity contribution in [2.75, 3.05) is 16.8 Å². The highest BCUT2D eigenvalue weighted by atomic mass is 16.1. The summed E-state index contributed by atoms with van der Waals surface area (Å²) in [5.41, 5.74) is 16.4. The number of hydrogen-bond donors (Lipinski definition) is 3. The van der Waals surface area contributed by atoms with Crippen LogP contribution < -0.4 is 16.8 Å². The number of anilines is 3. The third-order valence-corrected chi connectivity index (χ3v) is 2.77. The Morgan fingerprint density at radius 2 is 1.40 bits per heavy atom. The van der Waals surface area contributed by atoms with E-state index in [0.717, 1.165) is 16.7 Å². The molecule has 0 radical (unpaired) electrons. The molecular formula is C11H17N3O. The molecule has 0 saturated heterocycles. The topological polar surface area (TPSA) is 81.1 Å². The average Bonchev–Trinajstić information content (AvgIpc) is 2.18. The van der Waals surface area contributed by atoms with Crippen molar-refractivity contribution in [1.29, 1.82) is 0 Å². The second kappa shape index (κ2) is 3.81. The van der Waals surface area contributed by atoms with Gasteiger partial charge in [-0.3, -0.25) is 4.79 Å². The van der Waals surface area contributed by atoms with Gasteiger partial charge < -0.3 is 16.8 Å². The Morgan fingerprint density at radius 3 is 1.73 bits per heavy atom. The normalized spacial score (nSPS) is 10.1. The van der Waals surface area contributed by atoms with E-state index in [1.807, 2.05) is 20.8 Å². The van der Waals surface area contributed by atoms with Crippen molar-refractivity contribution in [2.45, 2.75) is 27.7 Å². The predicted octanol–water partition coefficient (Wildman–Crippen LogP) is 1.73. The third-order valence-electron chi connectivity index (χ3n) is 2.77. The highest BCUT2D eigenvalue weighted by Gasteiger charge is 2.14. The summed E-state index contributed by atoms with van der Waals surface area (Å²) in [6.07, 6.45) is 0. The molecule has 0 atom stereocenters. The number of amides is 1. The molecule has 1 amide bonds. The van der Waals surface area contributed by atoms with Crippen LogP contribution in [-0.2, 0) is 4.79 Å². The smallest absolute Gasteiger partial charge is 0.221 e. The maximum atomic E-state index is 11.0. The first-order chi connectivity index (χ1) is 6.86. The molecular weight excluding hydrogens is 190 g/mol. The fraction of sp³-hybridized carbons (Fsp3) is 0.364. The second-order valence-electron chi connectivity index (χ2n) is 3.76. The number of carbonyl (C=O) groups excluding carboxylic acids is 1. The molecule has 0 saturated carbocycles. The highest BCUT2D eigenvalue weighted by Crippen LogP contribution is 2.35. The third kappa shape index (κ3) is 1.88. The van der Waals surface area contributed by atoms with Gasteiger partial charge in [0.05, 0.1) is 17.1 Å². The molecule has 4 nitrogen and oxygen atoms in total. The van der Waals surface area contributed by atoms with E-state index in [1.54, 1.807) is 0 Å². The fourth-order valence-corrected chi connectivity index (χ4v) is 1.52. The first-order valence-corrected chi connectivity index (χ1v) is 4.78. The number of nitrogens with two attached hydrogens (primary N) is 2. The zero-order chi connectivity index (χ0) is 11.7. The Hall–Kier alpha value is -1.71. The molecule has 15 heavy (non-hydrogen) atoms. The first-order valence-electron chi connectivity index (χ1n) is 4.78. The first kappa shape index (κ1) is 11.4. The molecule has 0 aliphatic rings. The highest BCUT2D eigenvalue weighted by molar-refractivity contribution is 5.98. The Morgan fingerprint density at radius 1 is 1.00 bits per heavy atom. The van der Waals surface area contributed by atoms with Crippen molar-refractivity contribution in [3.05, 3.63) is 16.7 Å². The maximum Gasteiger partial charge on any atom is 0.221 e. The van der Waals surface area contributed by atoms with Gasteiger partial charge in [-0.05, 0) is 37.5 Å². The van der Waals surface area contributed by atoms with Crippen molar-refractivity contribution in [2.24, 2.45) is 0 Å². The summed E-state index contributed by atoms with van der Waals surface area (Å²) in [6, 6.07) is 0. The zero-order valence-electron chi connectivity index (χ0n) is 9.56. The van der Waals surface area contributed by atoms with Crippen LogP contribution >= 0.6 is 0 Å². The Labute approximate surface area is 89.6 Å². The van der Waals surface area contributed by atoms with Gasteiger partial charge in [0.15, 0.2) is 0 Å². The van der Waals surface area contributed by atoms with Gasteiger partial charge in [-0.1, -0.05) is 0 Å². The van der Waals surface area contributed by atoms with Gasteiger partial charge in [0.1, 0.15) is 0 Å². The predicted molar refractivity (Wildman–Crippen MR) is 63.8 cm³/mol. The molecule has 0 unspecified atom stereocenters. The monoisotopic (exact) mass is 207 g/mol. The summed E-state index contributed by atoms with van der Waals surface area (Å²) in [7, 11) is 0. The van der Waals surface area contributed by atoms with Crippen LogP contribution in [0.15, 0.2) is 0 Å². The van der Waals surface area contributed by atoms with Gasteiger partial charge in [-0.25, -0.2) is 0 Å². The molecule has 0 spiro atoms. The van der Waals surface area contributed by atoms with Gasteiger partial charge in [0.25, 0.3) is 0 Å². The van der Waals surface area contributed by atoms with Crippen LogP contribution in [0.4, 0.5) is 17.1 Å². The summed E-state index contributed by atoms with van der Waals surface area (Å²) in [5, 5.41) is 2.66. The molecule has 1 aromatic carbocycles. The molecule has 0 aliphatic carbocycles. The molecule has 0 bridgehead atoms. The lowest BCUT2D eigenvalue weighted by atomic mass is 9.99. The largest absolute Gasteiger partial charge is 0.397 e. The van der Waals surface area contributed by atoms with Crippen molar-refractivity contribution in [3.8, 4) is 0 Å². The van der Waals surface area contributed by atoms with Gasteiger partial charge in [0.2, 0.25) is 5.91 Å². The summed E-state index contributed by atoms with van der Waals surface area (Å²) in [5.74, 6) is -0.170.